The van der Waals surface area contributed by atoms with Crippen molar-refractivity contribution in [3.8, 4) is 0 Å². The predicted molar refractivity (Wildman–Crippen MR) is 157 cm³/mol. The zero-order chi connectivity index (χ0) is 27.8. The zero-order valence-electron chi connectivity index (χ0n) is 21.2. The standard InChI is InChI=1S/C29H23F2N5O2S2/c30-20-10-8-19(9-11-20)18-36-28(38)24(40-29(36)39)17-21-26(32-25-7-3-4-12-35(25)27(21)37)34-15-13-33(14-16-34)23-6-2-1-5-22(23)31/h1-12,17H,13-16,18H2. The second-order valence-corrected chi connectivity index (χ2v) is 11.1. The highest BCUT2D eigenvalue weighted by atomic mass is 32.2. The third kappa shape index (κ3) is 4.98. The molecule has 40 heavy (non-hydrogen) atoms. The summed E-state index contributed by atoms with van der Waals surface area (Å²) in [7, 11) is 0. The van der Waals surface area contributed by atoms with Crippen LogP contribution in [0.1, 0.15) is 11.1 Å². The van der Waals surface area contributed by atoms with Crippen LogP contribution in [0.15, 0.2) is 82.6 Å². The first-order chi connectivity index (χ1) is 19.4. The molecular weight excluding hydrogens is 552 g/mol. The van der Waals surface area contributed by atoms with E-state index in [-0.39, 0.29) is 35.2 Å². The summed E-state index contributed by atoms with van der Waals surface area (Å²) in [6.07, 6.45) is 3.21. The van der Waals surface area contributed by atoms with E-state index in [4.69, 9.17) is 17.2 Å². The number of rotatable bonds is 5. The van der Waals surface area contributed by atoms with Gasteiger partial charge in [-0.05, 0) is 48.0 Å². The Kier molecular flexibility index (Phi) is 7.07. The van der Waals surface area contributed by atoms with Crippen LogP contribution >= 0.6 is 24.0 Å². The van der Waals surface area contributed by atoms with Gasteiger partial charge < -0.3 is 9.80 Å². The summed E-state index contributed by atoms with van der Waals surface area (Å²) in [5.41, 5.74) is 1.74. The minimum absolute atomic E-state index is 0.197. The van der Waals surface area contributed by atoms with Gasteiger partial charge in [0.2, 0.25) is 0 Å². The predicted octanol–water partition coefficient (Wildman–Crippen LogP) is 4.70. The average Bonchev–Trinajstić information content (AvgIpc) is 3.23. The van der Waals surface area contributed by atoms with Crippen LogP contribution in [-0.4, -0.2) is 50.7 Å². The molecule has 0 atom stereocenters. The fourth-order valence-corrected chi connectivity index (χ4v) is 6.10. The molecule has 0 radical (unpaired) electrons. The average molecular weight is 576 g/mol. The fraction of sp³-hybridized carbons (Fsp3) is 0.172. The number of carbonyl (C=O) groups is 1. The van der Waals surface area contributed by atoms with Crippen LogP contribution in [0.4, 0.5) is 20.3 Å². The molecule has 2 aliphatic heterocycles. The molecule has 4 heterocycles. The number of pyridine rings is 1. The molecule has 2 fully saturated rings. The molecule has 2 aromatic heterocycles. The molecule has 0 bridgehead atoms. The van der Waals surface area contributed by atoms with Crippen LogP contribution in [0.5, 0.6) is 0 Å². The van der Waals surface area contributed by atoms with Crippen LogP contribution in [0.2, 0.25) is 0 Å². The molecule has 0 saturated carbocycles. The van der Waals surface area contributed by atoms with Crippen molar-refractivity contribution in [2.75, 3.05) is 36.0 Å². The quantitative estimate of drug-likeness (QED) is 0.253. The van der Waals surface area contributed by atoms with Crippen LogP contribution in [0.25, 0.3) is 11.7 Å². The van der Waals surface area contributed by atoms with Gasteiger partial charge in [-0.2, -0.15) is 0 Å². The molecule has 0 N–H and O–H groups in total. The number of benzene rings is 2. The maximum Gasteiger partial charge on any atom is 0.267 e. The molecule has 7 nitrogen and oxygen atoms in total. The number of hydrogen-bond donors (Lipinski definition) is 0. The summed E-state index contributed by atoms with van der Waals surface area (Å²) in [4.78, 5) is 37.6. The molecule has 4 aromatic rings. The largest absolute Gasteiger partial charge is 0.366 e. The molecule has 202 valence electrons. The van der Waals surface area contributed by atoms with Crippen molar-refractivity contribution in [2.45, 2.75) is 6.54 Å². The van der Waals surface area contributed by atoms with Crippen molar-refractivity contribution in [1.29, 1.82) is 0 Å². The van der Waals surface area contributed by atoms with Gasteiger partial charge in [0.15, 0.2) is 0 Å². The van der Waals surface area contributed by atoms with Gasteiger partial charge in [-0.25, -0.2) is 13.8 Å². The van der Waals surface area contributed by atoms with Crippen LogP contribution in [0.3, 0.4) is 0 Å². The Labute approximate surface area is 238 Å². The monoisotopic (exact) mass is 575 g/mol. The van der Waals surface area contributed by atoms with Gasteiger partial charge in [0.25, 0.3) is 11.5 Å². The fourth-order valence-electron chi connectivity index (χ4n) is 4.87. The first-order valence-corrected chi connectivity index (χ1v) is 13.9. The summed E-state index contributed by atoms with van der Waals surface area (Å²) in [6.45, 7) is 2.29. The summed E-state index contributed by atoms with van der Waals surface area (Å²) in [5, 5.41) is 0. The zero-order valence-corrected chi connectivity index (χ0v) is 22.8. The second-order valence-electron chi connectivity index (χ2n) is 9.40. The Balaban J connectivity index is 1.33. The van der Waals surface area contributed by atoms with Crippen LogP contribution in [-0.2, 0) is 11.3 Å². The normalized spacial score (nSPS) is 16.9. The SMILES string of the molecule is O=C1C(=Cc2c(N3CCN(c4ccccc4F)CC3)nc3ccccn3c2=O)SC(=S)N1Cc1ccc(F)cc1. The first-order valence-electron chi connectivity index (χ1n) is 12.6. The van der Waals surface area contributed by atoms with Gasteiger partial charge >= 0.3 is 0 Å². The number of nitrogens with zero attached hydrogens (tertiary/aromatic N) is 5. The molecular formula is C29H23F2N5O2S2. The molecule has 0 spiro atoms. The van der Waals surface area contributed by atoms with E-state index in [9.17, 15) is 18.4 Å². The minimum Gasteiger partial charge on any atom is -0.366 e. The summed E-state index contributed by atoms with van der Waals surface area (Å²) < 4.78 is 29.5. The van der Waals surface area contributed by atoms with Crippen molar-refractivity contribution >= 4 is 57.4 Å². The van der Waals surface area contributed by atoms with E-state index < -0.39 is 0 Å². The van der Waals surface area contributed by atoms with Crippen molar-refractivity contribution < 1.29 is 13.6 Å². The first kappa shape index (κ1) is 26.1. The topological polar surface area (TPSA) is 61.2 Å². The Morgan fingerprint density at radius 3 is 2.35 bits per heavy atom. The minimum atomic E-state index is -0.361. The number of thioether (sulfide) groups is 1. The van der Waals surface area contributed by atoms with E-state index in [2.05, 4.69) is 0 Å². The number of hydrogen-bond acceptors (Lipinski definition) is 7. The Hall–Kier alpha value is -4.09. The Bertz CT molecular complexity index is 1720. The lowest BCUT2D eigenvalue weighted by Crippen LogP contribution is -2.47. The number of fused-ring (bicyclic) bond motifs is 1. The van der Waals surface area contributed by atoms with Crippen molar-refractivity contribution in [1.82, 2.24) is 14.3 Å². The summed E-state index contributed by atoms with van der Waals surface area (Å²) in [5.74, 6) is -0.498. The summed E-state index contributed by atoms with van der Waals surface area (Å²) in [6, 6.07) is 17.9. The molecule has 0 unspecified atom stereocenters. The number of piperazine rings is 1. The van der Waals surface area contributed by atoms with E-state index in [1.165, 1.54) is 27.5 Å². The third-order valence-corrected chi connectivity index (χ3v) is 8.30. The van der Waals surface area contributed by atoms with Crippen LogP contribution < -0.4 is 15.4 Å². The number of anilines is 2. The van der Waals surface area contributed by atoms with Gasteiger partial charge in [0.1, 0.15) is 27.4 Å². The van der Waals surface area contributed by atoms with Crippen molar-refractivity contribution in [3.05, 3.63) is 111 Å². The number of carbonyl (C=O) groups excluding carboxylic acids is 1. The second kappa shape index (κ2) is 10.8. The molecule has 6 rings (SSSR count). The number of amides is 1. The highest BCUT2D eigenvalue weighted by Crippen LogP contribution is 2.35. The molecule has 2 saturated heterocycles. The highest BCUT2D eigenvalue weighted by Gasteiger charge is 2.33. The maximum atomic E-state index is 14.4. The lowest BCUT2D eigenvalue weighted by Gasteiger charge is -2.37. The molecule has 2 aliphatic rings. The van der Waals surface area contributed by atoms with Gasteiger partial charge in [0.05, 0.1) is 22.7 Å². The summed E-state index contributed by atoms with van der Waals surface area (Å²) >= 11 is 6.60. The molecule has 1 amide bonds. The maximum absolute atomic E-state index is 14.4. The Morgan fingerprint density at radius 1 is 0.900 bits per heavy atom. The van der Waals surface area contributed by atoms with E-state index in [1.54, 1.807) is 54.7 Å². The van der Waals surface area contributed by atoms with Gasteiger partial charge in [-0.3, -0.25) is 18.9 Å². The van der Waals surface area contributed by atoms with E-state index in [1.807, 2.05) is 15.9 Å². The van der Waals surface area contributed by atoms with Gasteiger partial charge in [-0.15, -0.1) is 0 Å². The smallest absolute Gasteiger partial charge is 0.267 e. The number of thiocarbonyl (C=S) groups is 1. The van der Waals surface area contributed by atoms with Crippen molar-refractivity contribution in [3.63, 3.8) is 0 Å². The number of para-hydroxylation sites is 1. The van der Waals surface area contributed by atoms with Gasteiger partial charge in [0, 0.05) is 32.4 Å². The highest BCUT2D eigenvalue weighted by molar-refractivity contribution is 8.26. The van der Waals surface area contributed by atoms with E-state index in [0.29, 0.717) is 52.6 Å². The van der Waals surface area contributed by atoms with Crippen molar-refractivity contribution in [2.24, 2.45) is 0 Å². The van der Waals surface area contributed by atoms with E-state index >= 15 is 0 Å². The third-order valence-electron chi connectivity index (χ3n) is 6.92. The molecule has 0 aliphatic carbocycles. The van der Waals surface area contributed by atoms with Crippen LogP contribution in [0, 0.1) is 11.6 Å². The molecule has 2 aromatic carbocycles. The number of aromatic nitrogens is 2. The van der Waals surface area contributed by atoms with E-state index in [0.717, 1.165) is 17.3 Å². The molecule has 11 heteroatoms. The lowest BCUT2D eigenvalue weighted by molar-refractivity contribution is -0.122. The van der Waals surface area contributed by atoms with Gasteiger partial charge in [-0.1, -0.05) is 54.3 Å². The lowest BCUT2D eigenvalue weighted by atomic mass is 10.2. The number of halogens is 2. The Morgan fingerprint density at radius 2 is 1.60 bits per heavy atom.